The minimum atomic E-state index is -2.31. The van der Waals surface area contributed by atoms with Gasteiger partial charge >= 0.3 is 5.69 Å². The smallest absolute Gasteiger partial charge is 0.351 e. The highest BCUT2D eigenvalue weighted by molar-refractivity contribution is 5.01. The van der Waals surface area contributed by atoms with Crippen molar-refractivity contribution in [3.63, 3.8) is 0 Å². The van der Waals surface area contributed by atoms with Crippen molar-refractivity contribution >= 4 is 0 Å². The van der Waals surface area contributed by atoms with Crippen LogP contribution in [0.15, 0.2) is 21.9 Å². The van der Waals surface area contributed by atoms with Gasteiger partial charge in [0.1, 0.15) is 12.2 Å². The zero-order valence-electron chi connectivity index (χ0n) is 10.1. The van der Waals surface area contributed by atoms with Crippen molar-refractivity contribution in [2.75, 3.05) is 12.4 Å². The SMILES string of the molecule is C[C@@]1(F)[C@H](O)[C@@H](CO)O[C@H]1n1ccc(=O)n(N)c1=O. The fourth-order valence-electron chi connectivity index (χ4n) is 2.05. The summed E-state index contributed by atoms with van der Waals surface area (Å²) >= 11 is 0. The zero-order chi connectivity index (χ0) is 14.4. The van der Waals surface area contributed by atoms with E-state index in [1.165, 1.54) is 0 Å². The summed E-state index contributed by atoms with van der Waals surface area (Å²) in [6.45, 7) is 0.435. The molecule has 2 heterocycles. The van der Waals surface area contributed by atoms with Crippen LogP contribution in [0.4, 0.5) is 4.39 Å². The molecule has 0 spiro atoms. The van der Waals surface area contributed by atoms with Crippen LogP contribution in [0.25, 0.3) is 0 Å². The second-order valence-corrected chi connectivity index (χ2v) is 4.52. The molecular formula is C10H14FN3O5. The third-order valence-electron chi connectivity index (χ3n) is 3.19. The van der Waals surface area contributed by atoms with Crippen LogP contribution >= 0.6 is 0 Å². The van der Waals surface area contributed by atoms with E-state index in [2.05, 4.69) is 0 Å². The molecule has 8 nitrogen and oxygen atoms in total. The maximum atomic E-state index is 14.4. The van der Waals surface area contributed by atoms with E-state index >= 15 is 0 Å². The van der Waals surface area contributed by atoms with Crippen LogP contribution in [-0.4, -0.2) is 43.9 Å². The summed E-state index contributed by atoms with van der Waals surface area (Å²) in [4.78, 5) is 22.9. The molecule has 0 amide bonds. The molecular weight excluding hydrogens is 261 g/mol. The minimum absolute atomic E-state index is 0.304. The first-order valence-corrected chi connectivity index (χ1v) is 5.53. The summed E-state index contributed by atoms with van der Waals surface area (Å²) < 4.78 is 20.6. The second-order valence-electron chi connectivity index (χ2n) is 4.52. The summed E-state index contributed by atoms with van der Waals surface area (Å²) in [5.74, 6) is 5.22. The van der Waals surface area contributed by atoms with E-state index in [9.17, 15) is 19.1 Å². The molecule has 1 fully saturated rings. The molecule has 1 aliphatic heterocycles. The maximum Gasteiger partial charge on any atom is 0.351 e. The maximum absolute atomic E-state index is 14.4. The molecule has 1 aliphatic rings. The third-order valence-corrected chi connectivity index (χ3v) is 3.19. The van der Waals surface area contributed by atoms with Crippen LogP contribution in [0.2, 0.25) is 0 Å². The van der Waals surface area contributed by atoms with Gasteiger partial charge in [-0.25, -0.2) is 9.18 Å². The third kappa shape index (κ3) is 1.95. The normalized spacial score (nSPS) is 34.6. The van der Waals surface area contributed by atoms with Gasteiger partial charge in [0.15, 0.2) is 11.9 Å². The fraction of sp³-hybridized carbons (Fsp3) is 0.600. The number of aliphatic hydroxyl groups is 2. The van der Waals surface area contributed by atoms with Crippen molar-refractivity contribution < 1.29 is 19.3 Å². The lowest BCUT2D eigenvalue weighted by molar-refractivity contribution is -0.0615. The molecule has 0 bridgehead atoms. The monoisotopic (exact) mass is 275 g/mol. The number of ether oxygens (including phenoxy) is 1. The summed E-state index contributed by atoms with van der Waals surface area (Å²) in [5.41, 5.74) is -4.04. The van der Waals surface area contributed by atoms with Crippen LogP contribution in [0.1, 0.15) is 13.2 Å². The molecule has 19 heavy (non-hydrogen) atoms. The molecule has 4 atom stereocenters. The highest BCUT2D eigenvalue weighted by Crippen LogP contribution is 2.40. The van der Waals surface area contributed by atoms with E-state index < -0.39 is 42.0 Å². The molecule has 9 heteroatoms. The Morgan fingerprint density at radius 2 is 2.21 bits per heavy atom. The zero-order valence-corrected chi connectivity index (χ0v) is 10.1. The van der Waals surface area contributed by atoms with Crippen molar-refractivity contribution in [1.29, 1.82) is 0 Å². The largest absolute Gasteiger partial charge is 0.394 e. The molecule has 1 aromatic rings. The van der Waals surface area contributed by atoms with E-state index in [1.807, 2.05) is 0 Å². The van der Waals surface area contributed by atoms with Crippen LogP contribution in [0.3, 0.4) is 0 Å². The first-order chi connectivity index (χ1) is 8.80. The lowest BCUT2D eigenvalue weighted by Gasteiger charge is -2.25. The number of aromatic nitrogens is 2. The quantitative estimate of drug-likeness (QED) is 0.522. The number of nitrogens with zero attached hydrogens (tertiary/aromatic N) is 2. The first kappa shape index (κ1) is 13.7. The van der Waals surface area contributed by atoms with Crippen LogP contribution in [0.5, 0.6) is 0 Å². The molecule has 1 saturated heterocycles. The summed E-state index contributed by atoms with van der Waals surface area (Å²) in [5, 5.41) is 18.7. The number of aliphatic hydroxyl groups excluding tert-OH is 2. The van der Waals surface area contributed by atoms with Gasteiger partial charge in [-0.1, -0.05) is 0 Å². The number of rotatable bonds is 2. The number of nitrogens with two attached hydrogens (primary N) is 1. The predicted molar refractivity (Wildman–Crippen MR) is 61.6 cm³/mol. The number of hydrogen-bond acceptors (Lipinski definition) is 6. The van der Waals surface area contributed by atoms with E-state index in [4.69, 9.17) is 15.7 Å². The molecule has 106 valence electrons. The molecule has 1 aromatic heterocycles. The summed E-state index contributed by atoms with van der Waals surface area (Å²) in [7, 11) is 0. The topological polar surface area (TPSA) is 120 Å². The number of halogens is 1. The van der Waals surface area contributed by atoms with E-state index in [-0.39, 0.29) is 0 Å². The highest BCUT2D eigenvalue weighted by Gasteiger charge is 2.55. The Hall–Kier alpha value is -1.71. The van der Waals surface area contributed by atoms with Gasteiger partial charge in [0.2, 0.25) is 0 Å². The lowest BCUT2D eigenvalue weighted by Crippen LogP contribution is -2.48. The average Bonchev–Trinajstić information content (AvgIpc) is 2.59. The van der Waals surface area contributed by atoms with Crippen molar-refractivity contribution in [2.24, 2.45) is 0 Å². The Morgan fingerprint density at radius 1 is 1.58 bits per heavy atom. The molecule has 0 unspecified atom stereocenters. The van der Waals surface area contributed by atoms with Gasteiger partial charge < -0.3 is 20.8 Å². The van der Waals surface area contributed by atoms with E-state index in [1.54, 1.807) is 0 Å². The van der Waals surface area contributed by atoms with E-state index in [0.29, 0.717) is 4.68 Å². The lowest BCUT2D eigenvalue weighted by atomic mass is 9.98. The van der Waals surface area contributed by atoms with Gasteiger partial charge in [-0.3, -0.25) is 9.36 Å². The first-order valence-electron chi connectivity index (χ1n) is 5.53. The fourth-order valence-corrected chi connectivity index (χ4v) is 2.05. The Kier molecular flexibility index (Phi) is 3.20. The summed E-state index contributed by atoms with van der Waals surface area (Å²) in [6.07, 6.45) is -3.22. The molecule has 0 aromatic carbocycles. The predicted octanol–water partition coefficient (Wildman–Crippen LogP) is -2.30. The average molecular weight is 275 g/mol. The number of hydrogen-bond donors (Lipinski definition) is 3. The Labute approximate surface area is 106 Å². The molecule has 2 rings (SSSR count). The van der Waals surface area contributed by atoms with Crippen LogP contribution < -0.4 is 17.1 Å². The van der Waals surface area contributed by atoms with Crippen molar-refractivity contribution in [3.05, 3.63) is 33.1 Å². The molecule has 0 saturated carbocycles. The van der Waals surface area contributed by atoms with Crippen molar-refractivity contribution in [3.8, 4) is 0 Å². The Morgan fingerprint density at radius 3 is 2.74 bits per heavy atom. The van der Waals surface area contributed by atoms with Crippen LogP contribution in [-0.2, 0) is 4.74 Å². The Balaban J connectivity index is 2.51. The summed E-state index contributed by atoms with van der Waals surface area (Å²) in [6, 6.07) is 0.972. The number of alkyl halides is 1. The Bertz CT molecular complexity index is 596. The number of nitrogen functional groups attached to an aromatic ring is 1. The van der Waals surface area contributed by atoms with Gasteiger partial charge in [0.25, 0.3) is 5.56 Å². The van der Waals surface area contributed by atoms with Gasteiger partial charge in [0, 0.05) is 12.3 Å². The van der Waals surface area contributed by atoms with E-state index in [0.717, 1.165) is 23.8 Å². The molecule has 0 aliphatic carbocycles. The van der Waals surface area contributed by atoms with Crippen molar-refractivity contribution in [2.45, 2.75) is 31.0 Å². The highest BCUT2D eigenvalue weighted by atomic mass is 19.1. The second kappa shape index (κ2) is 4.44. The van der Waals surface area contributed by atoms with Gasteiger partial charge in [0.05, 0.1) is 6.61 Å². The van der Waals surface area contributed by atoms with Gasteiger partial charge in [-0.2, -0.15) is 4.68 Å². The molecule has 4 N–H and O–H groups in total. The van der Waals surface area contributed by atoms with Crippen molar-refractivity contribution in [1.82, 2.24) is 9.24 Å². The minimum Gasteiger partial charge on any atom is -0.394 e. The standard InChI is InChI=1S/C10H14FN3O5/c1-10(11)7(17)5(4-15)19-8(10)13-3-2-6(16)14(12)9(13)18/h2-3,5,7-8,15,17H,4,12H2,1H3/t5-,7-,8-,10-/m1/s1. The van der Waals surface area contributed by atoms with Gasteiger partial charge in [-0.15, -0.1) is 0 Å². The molecule has 0 radical (unpaired) electrons. The van der Waals surface area contributed by atoms with Gasteiger partial charge in [-0.05, 0) is 6.92 Å². The van der Waals surface area contributed by atoms with Crippen LogP contribution in [0, 0.1) is 0 Å².